The van der Waals surface area contributed by atoms with E-state index in [-0.39, 0.29) is 0 Å². The highest BCUT2D eigenvalue weighted by atomic mass is 16.4. The van der Waals surface area contributed by atoms with Crippen molar-refractivity contribution < 1.29 is 9.90 Å². The molecule has 0 aliphatic heterocycles. The van der Waals surface area contributed by atoms with Gasteiger partial charge in [0.1, 0.15) is 0 Å². The Kier molecular flexibility index (Phi) is 8.90. The Morgan fingerprint density at radius 3 is 1.78 bits per heavy atom. The Morgan fingerprint density at radius 1 is 1.67 bits per heavy atom. The molecule has 0 heterocycles. The number of hydrogen-bond acceptors (Lipinski definition) is 2. The summed E-state index contributed by atoms with van der Waals surface area (Å²) in [5, 5.41) is 7.92. The summed E-state index contributed by atoms with van der Waals surface area (Å²) in [5.41, 5.74) is 4.85. The molecule has 0 atom stereocenters. The van der Waals surface area contributed by atoms with Crippen molar-refractivity contribution >= 4 is 6.09 Å². The van der Waals surface area contributed by atoms with Gasteiger partial charge >= 0.3 is 6.09 Å². The first kappa shape index (κ1) is 11.1. The normalized spacial score (nSPS) is 7.11. The summed E-state index contributed by atoms with van der Waals surface area (Å²) in [6.45, 7) is 2.65. The zero-order valence-corrected chi connectivity index (χ0v) is 6.09. The second-order valence-corrected chi connectivity index (χ2v) is 1.59. The molecule has 1 amide bonds. The van der Waals surface area contributed by atoms with Gasteiger partial charge in [0.2, 0.25) is 0 Å². The van der Waals surface area contributed by atoms with E-state index in [1.54, 1.807) is 0 Å². The van der Waals surface area contributed by atoms with Gasteiger partial charge in [-0.15, -0.1) is 0 Å². The van der Waals surface area contributed by atoms with Gasteiger partial charge in [0.05, 0.1) is 0 Å². The number of amides is 1. The van der Waals surface area contributed by atoms with Gasteiger partial charge < -0.3 is 15.7 Å². The average molecular weight is 134 g/mol. The quantitative estimate of drug-likeness (QED) is 0.497. The third-order valence-corrected chi connectivity index (χ3v) is 0.383. The van der Waals surface area contributed by atoms with Crippen LogP contribution >= 0.6 is 0 Å². The molecule has 0 aromatic rings. The minimum absolute atomic E-state index is 0.750. The molecule has 4 nitrogen and oxygen atoms in total. The zero-order valence-electron chi connectivity index (χ0n) is 6.09. The molecule has 0 saturated heterocycles. The minimum atomic E-state index is -0.907. The highest BCUT2D eigenvalue weighted by molar-refractivity contribution is 5.63. The van der Waals surface area contributed by atoms with Crippen LogP contribution in [0.3, 0.4) is 0 Å². The molecule has 0 aliphatic carbocycles. The largest absolute Gasteiger partial charge is 0.465 e. The van der Waals surface area contributed by atoms with E-state index in [1.165, 1.54) is 14.1 Å². The van der Waals surface area contributed by atoms with Crippen molar-refractivity contribution in [1.29, 1.82) is 0 Å². The lowest BCUT2D eigenvalue weighted by molar-refractivity contribution is 0.165. The van der Waals surface area contributed by atoms with E-state index in [4.69, 9.17) is 10.8 Å². The third kappa shape index (κ3) is 19.0. The molecule has 0 rings (SSSR count). The smallest absolute Gasteiger partial charge is 0.406 e. The summed E-state index contributed by atoms with van der Waals surface area (Å²) in [4.78, 5) is 10.7. The molecule has 0 radical (unpaired) electrons. The van der Waals surface area contributed by atoms with E-state index >= 15 is 0 Å². The second-order valence-electron chi connectivity index (χ2n) is 1.59. The first-order chi connectivity index (χ1) is 4.06. The van der Waals surface area contributed by atoms with E-state index in [0.717, 1.165) is 11.4 Å². The van der Waals surface area contributed by atoms with Gasteiger partial charge in [-0.05, 0) is 6.54 Å². The van der Waals surface area contributed by atoms with Crippen LogP contribution in [0.25, 0.3) is 0 Å². The Balaban J connectivity index is 0. The number of rotatable bonds is 0. The predicted octanol–water partition coefficient (Wildman–Crippen LogP) is 0.191. The number of carboxylic acid groups (broad SMARTS) is 1. The molecule has 0 aromatic carbocycles. The molecule has 0 aliphatic rings. The number of nitrogens with zero attached hydrogens (tertiary/aromatic N) is 1. The summed E-state index contributed by atoms with van der Waals surface area (Å²) in [6.07, 6.45) is -0.907. The average Bonchev–Trinajstić information content (AvgIpc) is 1.68. The standard InChI is InChI=1S/C3H7NO2.C2H7N/c1-4(2)3(5)6;1-2-3/h1-2H3,(H,5,6);2-3H2,1H3. The van der Waals surface area contributed by atoms with Crippen molar-refractivity contribution in [3.63, 3.8) is 0 Å². The lowest BCUT2D eigenvalue weighted by Gasteiger charge is -1.99. The highest BCUT2D eigenvalue weighted by Crippen LogP contribution is 1.69. The monoisotopic (exact) mass is 134 g/mol. The van der Waals surface area contributed by atoms with Gasteiger partial charge in [0.15, 0.2) is 0 Å². The van der Waals surface area contributed by atoms with E-state index in [9.17, 15) is 4.79 Å². The molecule has 0 unspecified atom stereocenters. The second kappa shape index (κ2) is 7.23. The lowest BCUT2D eigenvalue weighted by Crippen LogP contribution is -2.18. The number of nitrogens with two attached hydrogens (primary N) is 1. The minimum Gasteiger partial charge on any atom is -0.465 e. The highest BCUT2D eigenvalue weighted by Gasteiger charge is 1.91. The molecule has 4 heteroatoms. The Labute approximate surface area is 55.3 Å². The summed E-state index contributed by atoms with van der Waals surface area (Å²) in [6, 6.07) is 0. The topological polar surface area (TPSA) is 66.6 Å². The molecule has 0 bridgehead atoms. The number of hydrogen-bond donors (Lipinski definition) is 2. The van der Waals surface area contributed by atoms with Crippen molar-refractivity contribution in [3.05, 3.63) is 0 Å². The summed E-state index contributed by atoms with van der Waals surface area (Å²) in [5.74, 6) is 0. The third-order valence-electron chi connectivity index (χ3n) is 0.383. The van der Waals surface area contributed by atoms with E-state index in [1.807, 2.05) is 6.92 Å². The van der Waals surface area contributed by atoms with E-state index in [0.29, 0.717) is 0 Å². The van der Waals surface area contributed by atoms with Gasteiger partial charge in [-0.2, -0.15) is 0 Å². The maximum Gasteiger partial charge on any atom is 0.406 e. The fourth-order valence-corrected chi connectivity index (χ4v) is 0. The van der Waals surface area contributed by atoms with Crippen LogP contribution in [0.4, 0.5) is 4.79 Å². The Morgan fingerprint density at radius 2 is 1.78 bits per heavy atom. The number of carbonyl (C=O) groups is 1. The van der Waals surface area contributed by atoms with Crippen LogP contribution in [0.5, 0.6) is 0 Å². The van der Waals surface area contributed by atoms with Gasteiger partial charge in [-0.25, -0.2) is 4.79 Å². The van der Waals surface area contributed by atoms with E-state index < -0.39 is 6.09 Å². The van der Waals surface area contributed by atoms with Crippen molar-refractivity contribution in [2.75, 3.05) is 20.6 Å². The van der Waals surface area contributed by atoms with Crippen molar-refractivity contribution in [2.45, 2.75) is 6.92 Å². The van der Waals surface area contributed by atoms with E-state index in [2.05, 4.69) is 0 Å². The van der Waals surface area contributed by atoms with Gasteiger partial charge in [-0.1, -0.05) is 6.92 Å². The maximum atomic E-state index is 9.62. The molecule has 0 fully saturated rings. The molecule has 0 saturated carbocycles. The Hall–Kier alpha value is -0.770. The van der Waals surface area contributed by atoms with Crippen molar-refractivity contribution in [3.8, 4) is 0 Å². The van der Waals surface area contributed by atoms with Crippen molar-refractivity contribution in [1.82, 2.24) is 4.90 Å². The van der Waals surface area contributed by atoms with Crippen molar-refractivity contribution in [2.24, 2.45) is 5.73 Å². The SMILES string of the molecule is CCN.CN(C)C(=O)O. The predicted molar refractivity (Wildman–Crippen MR) is 36.4 cm³/mol. The first-order valence-electron chi connectivity index (χ1n) is 2.66. The van der Waals surface area contributed by atoms with Crippen LogP contribution in [-0.4, -0.2) is 36.7 Å². The molecule has 56 valence electrons. The fraction of sp³-hybridized carbons (Fsp3) is 0.800. The molecule has 0 aromatic heterocycles. The lowest BCUT2D eigenvalue weighted by atomic mass is 10.8. The van der Waals surface area contributed by atoms with Crippen LogP contribution in [0.15, 0.2) is 0 Å². The van der Waals surface area contributed by atoms with Crippen LogP contribution in [0.1, 0.15) is 6.92 Å². The van der Waals surface area contributed by atoms with Crippen LogP contribution in [-0.2, 0) is 0 Å². The zero-order chi connectivity index (χ0) is 7.86. The van der Waals surface area contributed by atoms with Gasteiger partial charge in [0, 0.05) is 14.1 Å². The maximum absolute atomic E-state index is 9.62. The summed E-state index contributed by atoms with van der Waals surface area (Å²) >= 11 is 0. The summed E-state index contributed by atoms with van der Waals surface area (Å²) in [7, 11) is 2.95. The van der Waals surface area contributed by atoms with Crippen LogP contribution in [0.2, 0.25) is 0 Å². The fourth-order valence-electron chi connectivity index (χ4n) is 0. The van der Waals surface area contributed by atoms with Crippen LogP contribution in [0, 0.1) is 0 Å². The molecule has 9 heavy (non-hydrogen) atoms. The summed E-state index contributed by atoms with van der Waals surface area (Å²) < 4.78 is 0. The van der Waals surface area contributed by atoms with Gasteiger partial charge in [-0.3, -0.25) is 0 Å². The first-order valence-corrected chi connectivity index (χ1v) is 2.66. The van der Waals surface area contributed by atoms with Crippen LogP contribution < -0.4 is 5.73 Å². The molecular weight excluding hydrogens is 120 g/mol. The molecular formula is C5H14N2O2. The Bertz CT molecular complexity index is 73.4. The molecule has 3 N–H and O–H groups in total. The van der Waals surface area contributed by atoms with Gasteiger partial charge in [0.25, 0.3) is 0 Å². The molecule has 0 spiro atoms.